The highest BCUT2D eigenvalue weighted by molar-refractivity contribution is 9.10. The Morgan fingerprint density at radius 2 is 2.18 bits per heavy atom. The Bertz CT molecular complexity index is 503. The molecule has 0 heterocycles. The van der Waals surface area contributed by atoms with Crippen LogP contribution < -0.4 is 4.90 Å². The van der Waals surface area contributed by atoms with E-state index in [-0.39, 0.29) is 5.69 Å². The fourth-order valence-electron chi connectivity index (χ4n) is 1.36. The number of hydrogen-bond acceptors (Lipinski definition) is 3. The standard InChI is InChI=1S/C12H13BrN2O2/c1-4-5-6-14(3)12-8-10(15(16)17)7-11(13)9(12)2/h7-8H,4H2,1-3H3. The first-order chi connectivity index (χ1) is 7.97. The van der Waals surface area contributed by atoms with Gasteiger partial charge in [-0.2, -0.15) is 0 Å². The van der Waals surface area contributed by atoms with Crippen LogP contribution in [0.5, 0.6) is 0 Å². The minimum Gasteiger partial charge on any atom is -0.304 e. The predicted octanol–water partition coefficient (Wildman–Crippen LogP) is 3.47. The van der Waals surface area contributed by atoms with Crippen LogP contribution in [-0.2, 0) is 0 Å². The van der Waals surface area contributed by atoms with Crippen molar-refractivity contribution < 1.29 is 4.92 Å². The molecule has 5 heteroatoms. The largest absolute Gasteiger partial charge is 0.304 e. The van der Waals surface area contributed by atoms with Crippen LogP contribution in [0, 0.1) is 29.0 Å². The Hall–Kier alpha value is -1.54. The summed E-state index contributed by atoms with van der Waals surface area (Å²) in [6.45, 7) is 3.85. The van der Waals surface area contributed by atoms with Crippen molar-refractivity contribution in [3.05, 3.63) is 32.3 Å². The number of nitrogens with zero attached hydrogens (tertiary/aromatic N) is 2. The lowest BCUT2D eigenvalue weighted by Gasteiger charge is -2.15. The molecule has 0 aliphatic heterocycles. The maximum absolute atomic E-state index is 10.8. The van der Waals surface area contributed by atoms with Crippen molar-refractivity contribution in [2.45, 2.75) is 20.3 Å². The first-order valence-corrected chi connectivity index (χ1v) is 5.93. The van der Waals surface area contributed by atoms with E-state index >= 15 is 0 Å². The highest BCUT2D eigenvalue weighted by Crippen LogP contribution is 2.31. The van der Waals surface area contributed by atoms with Gasteiger partial charge >= 0.3 is 0 Å². The van der Waals surface area contributed by atoms with E-state index in [1.54, 1.807) is 11.9 Å². The quantitative estimate of drug-likeness (QED) is 0.363. The van der Waals surface area contributed by atoms with Crippen molar-refractivity contribution in [1.29, 1.82) is 0 Å². The van der Waals surface area contributed by atoms with Gasteiger partial charge in [-0.15, -0.1) is 0 Å². The third-order valence-corrected chi connectivity index (χ3v) is 3.12. The highest BCUT2D eigenvalue weighted by Gasteiger charge is 2.14. The van der Waals surface area contributed by atoms with Gasteiger partial charge in [-0.25, -0.2) is 0 Å². The summed E-state index contributed by atoms with van der Waals surface area (Å²) in [6.07, 6.45) is 0.749. The number of non-ortho nitro benzene ring substituents is 1. The monoisotopic (exact) mass is 296 g/mol. The van der Waals surface area contributed by atoms with E-state index in [1.807, 2.05) is 13.8 Å². The molecule has 0 bridgehead atoms. The summed E-state index contributed by atoms with van der Waals surface area (Å²) in [7, 11) is 1.79. The molecule has 0 unspecified atom stereocenters. The molecule has 0 radical (unpaired) electrons. The van der Waals surface area contributed by atoms with Crippen LogP contribution in [0.1, 0.15) is 18.9 Å². The molecule has 17 heavy (non-hydrogen) atoms. The molecular formula is C12H13BrN2O2. The van der Waals surface area contributed by atoms with Crippen molar-refractivity contribution >= 4 is 27.3 Å². The Balaban J connectivity index is 3.27. The highest BCUT2D eigenvalue weighted by atomic mass is 79.9. The van der Waals surface area contributed by atoms with Crippen molar-refractivity contribution in [2.24, 2.45) is 0 Å². The Morgan fingerprint density at radius 1 is 1.53 bits per heavy atom. The van der Waals surface area contributed by atoms with Gasteiger partial charge in [0.15, 0.2) is 0 Å². The number of hydrogen-bond donors (Lipinski definition) is 0. The lowest BCUT2D eigenvalue weighted by atomic mass is 10.1. The van der Waals surface area contributed by atoms with E-state index in [0.717, 1.165) is 17.7 Å². The molecular weight excluding hydrogens is 284 g/mol. The van der Waals surface area contributed by atoms with Crippen LogP contribution in [0.3, 0.4) is 0 Å². The number of rotatable bonds is 2. The second kappa shape index (κ2) is 5.69. The molecule has 0 saturated carbocycles. The number of benzene rings is 1. The molecule has 0 amide bonds. The number of nitro benzene ring substituents is 1. The molecule has 0 aliphatic rings. The SMILES string of the molecule is CCC#CN(C)c1cc([N+](=O)[O-])cc(Br)c1C. The van der Waals surface area contributed by atoms with Crippen molar-refractivity contribution in [1.82, 2.24) is 0 Å². The number of nitro groups is 1. The van der Waals surface area contributed by atoms with E-state index in [0.29, 0.717) is 4.47 Å². The second-order valence-corrected chi connectivity index (χ2v) is 4.38. The number of anilines is 1. The van der Waals surface area contributed by atoms with Crippen LogP contribution in [0.4, 0.5) is 11.4 Å². The van der Waals surface area contributed by atoms with Crippen LogP contribution >= 0.6 is 15.9 Å². The lowest BCUT2D eigenvalue weighted by molar-refractivity contribution is -0.384. The van der Waals surface area contributed by atoms with Crippen molar-refractivity contribution in [2.75, 3.05) is 11.9 Å². The molecule has 0 saturated heterocycles. The zero-order valence-corrected chi connectivity index (χ0v) is 11.5. The molecule has 0 aliphatic carbocycles. The van der Waals surface area contributed by atoms with E-state index in [9.17, 15) is 10.1 Å². The minimum atomic E-state index is -0.408. The smallest absolute Gasteiger partial charge is 0.272 e. The minimum absolute atomic E-state index is 0.0580. The zero-order chi connectivity index (χ0) is 13.0. The van der Waals surface area contributed by atoms with Crippen LogP contribution in [0.15, 0.2) is 16.6 Å². The molecule has 90 valence electrons. The summed E-state index contributed by atoms with van der Waals surface area (Å²) >= 11 is 3.32. The van der Waals surface area contributed by atoms with Gasteiger partial charge < -0.3 is 4.90 Å². The maximum Gasteiger partial charge on any atom is 0.272 e. The molecule has 4 nitrogen and oxygen atoms in total. The second-order valence-electron chi connectivity index (χ2n) is 3.53. The Kier molecular flexibility index (Phi) is 4.53. The average molecular weight is 297 g/mol. The van der Waals surface area contributed by atoms with E-state index in [2.05, 4.69) is 27.9 Å². The van der Waals surface area contributed by atoms with Gasteiger partial charge in [-0.05, 0) is 12.5 Å². The van der Waals surface area contributed by atoms with Gasteiger partial charge in [0, 0.05) is 36.1 Å². The first kappa shape index (κ1) is 13.5. The van der Waals surface area contributed by atoms with Gasteiger partial charge in [-0.1, -0.05) is 28.8 Å². The average Bonchev–Trinajstić information content (AvgIpc) is 2.29. The van der Waals surface area contributed by atoms with Gasteiger partial charge in [-0.3, -0.25) is 10.1 Å². The molecule has 0 N–H and O–H groups in total. The molecule has 1 aromatic rings. The lowest BCUT2D eigenvalue weighted by Crippen LogP contribution is -2.11. The fraction of sp³-hybridized carbons (Fsp3) is 0.333. The van der Waals surface area contributed by atoms with Gasteiger partial charge in [0.2, 0.25) is 0 Å². The molecule has 1 rings (SSSR count). The van der Waals surface area contributed by atoms with E-state index < -0.39 is 4.92 Å². The van der Waals surface area contributed by atoms with E-state index in [4.69, 9.17) is 0 Å². The maximum atomic E-state index is 10.8. The Morgan fingerprint density at radius 3 is 2.71 bits per heavy atom. The van der Waals surface area contributed by atoms with Gasteiger partial charge in [0.05, 0.1) is 10.6 Å². The first-order valence-electron chi connectivity index (χ1n) is 5.14. The summed E-state index contributed by atoms with van der Waals surface area (Å²) in [6, 6.07) is 5.95. The van der Waals surface area contributed by atoms with Gasteiger partial charge in [0.1, 0.15) is 0 Å². The third kappa shape index (κ3) is 3.21. The van der Waals surface area contributed by atoms with Crippen molar-refractivity contribution in [3.8, 4) is 12.0 Å². The molecule has 0 aromatic heterocycles. The zero-order valence-electron chi connectivity index (χ0n) is 9.95. The normalized spacial score (nSPS) is 9.41. The number of halogens is 1. The third-order valence-electron chi connectivity index (χ3n) is 2.30. The van der Waals surface area contributed by atoms with Crippen molar-refractivity contribution in [3.63, 3.8) is 0 Å². The summed E-state index contributed by atoms with van der Waals surface area (Å²) in [5.74, 6) is 2.93. The fourth-order valence-corrected chi connectivity index (χ4v) is 1.80. The molecule has 0 fully saturated rings. The van der Waals surface area contributed by atoms with Gasteiger partial charge in [0.25, 0.3) is 5.69 Å². The van der Waals surface area contributed by atoms with Crippen LogP contribution in [-0.4, -0.2) is 12.0 Å². The summed E-state index contributed by atoms with van der Waals surface area (Å²) in [5, 5.41) is 10.8. The molecule has 1 aromatic carbocycles. The predicted molar refractivity (Wildman–Crippen MR) is 72.0 cm³/mol. The van der Waals surface area contributed by atoms with Crippen LogP contribution in [0.2, 0.25) is 0 Å². The van der Waals surface area contributed by atoms with Crippen LogP contribution in [0.25, 0.3) is 0 Å². The summed E-state index contributed by atoms with van der Waals surface area (Å²) in [5.41, 5.74) is 1.73. The molecule has 0 atom stereocenters. The van der Waals surface area contributed by atoms with E-state index in [1.165, 1.54) is 12.1 Å². The summed E-state index contributed by atoms with van der Waals surface area (Å²) < 4.78 is 0.715. The summed E-state index contributed by atoms with van der Waals surface area (Å²) in [4.78, 5) is 12.1. The topological polar surface area (TPSA) is 46.4 Å². The molecule has 0 spiro atoms. The Labute approximate surface area is 109 Å².